The van der Waals surface area contributed by atoms with Crippen LogP contribution in [0.3, 0.4) is 0 Å². The number of carbonyl (C=O) groups excluding carboxylic acids is 1. The highest BCUT2D eigenvalue weighted by molar-refractivity contribution is 5.58. The molecule has 188 valence electrons. The van der Waals surface area contributed by atoms with Crippen molar-refractivity contribution in [2.75, 3.05) is 19.8 Å². The summed E-state index contributed by atoms with van der Waals surface area (Å²) in [6, 6.07) is 6.63. The number of hydrogen-bond acceptors (Lipinski definition) is 3. The van der Waals surface area contributed by atoms with E-state index in [1.807, 2.05) is 0 Å². The van der Waals surface area contributed by atoms with Gasteiger partial charge in [-0.15, -0.1) is 0 Å². The van der Waals surface area contributed by atoms with Crippen LogP contribution < -0.4 is 4.74 Å². The zero-order valence-electron chi connectivity index (χ0n) is 21.6. The molecule has 0 atom stereocenters. The fraction of sp³-hybridized carbons (Fsp3) is 0.700. The molecule has 0 fully saturated rings. The molecule has 0 heterocycles. The van der Waals surface area contributed by atoms with E-state index >= 15 is 0 Å². The molecule has 0 saturated heterocycles. The van der Waals surface area contributed by atoms with E-state index < -0.39 is 0 Å². The molecular weight excluding hydrogens is 408 g/mol. The molecule has 0 aromatic heterocycles. The lowest BCUT2D eigenvalue weighted by Crippen LogP contribution is -2.08. The third kappa shape index (κ3) is 16.6. The second-order valence-corrected chi connectivity index (χ2v) is 9.13. The standard InChI is InChI=1S/C30H50O3/c1-3-5-6-7-10-13-16-20-28-21-22-30(29(27-28)19-4-2)33-26-25-32-24-18-15-12-9-8-11-14-17-23-31/h4,19,21-23,27H,3,5-18,20,24-26H2,1-2H3/b19-4-. The smallest absolute Gasteiger partial charge is 0.126 e. The van der Waals surface area contributed by atoms with E-state index in [9.17, 15) is 4.79 Å². The van der Waals surface area contributed by atoms with Gasteiger partial charge in [0.2, 0.25) is 0 Å². The minimum Gasteiger partial charge on any atom is -0.491 e. The predicted octanol–water partition coefficient (Wildman–Crippen LogP) is 8.73. The van der Waals surface area contributed by atoms with Crippen LogP contribution >= 0.6 is 0 Å². The van der Waals surface area contributed by atoms with Crippen LogP contribution in [-0.4, -0.2) is 26.1 Å². The normalized spacial score (nSPS) is 11.3. The molecule has 0 radical (unpaired) electrons. The average molecular weight is 459 g/mol. The van der Waals surface area contributed by atoms with E-state index in [1.165, 1.54) is 88.2 Å². The first kappa shape index (κ1) is 29.4. The lowest BCUT2D eigenvalue weighted by Gasteiger charge is -2.12. The number of hydrogen-bond donors (Lipinski definition) is 0. The Morgan fingerprint density at radius 3 is 2.12 bits per heavy atom. The van der Waals surface area contributed by atoms with Crippen LogP contribution in [0.25, 0.3) is 6.08 Å². The summed E-state index contributed by atoms with van der Waals surface area (Å²) < 4.78 is 11.8. The van der Waals surface area contributed by atoms with E-state index in [1.54, 1.807) is 0 Å². The number of aldehydes is 1. The second-order valence-electron chi connectivity index (χ2n) is 9.13. The molecule has 0 aliphatic carbocycles. The van der Waals surface area contributed by atoms with Crippen molar-refractivity contribution >= 4 is 12.4 Å². The zero-order valence-corrected chi connectivity index (χ0v) is 21.6. The first-order chi connectivity index (χ1) is 16.3. The molecule has 0 spiro atoms. The van der Waals surface area contributed by atoms with Crippen LogP contribution in [0.15, 0.2) is 24.3 Å². The van der Waals surface area contributed by atoms with E-state index in [4.69, 9.17) is 9.47 Å². The summed E-state index contributed by atoms with van der Waals surface area (Å²) in [5, 5.41) is 0. The molecule has 0 aliphatic heterocycles. The average Bonchev–Trinajstić information content (AvgIpc) is 2.82. The number of allylic oxidation sites excluding steroid dienone is 1. The number of ether oxygens (including phenoxy) is 2. The van der Waals surface area contributed by atoms with E-state index in [-0.39, 0.29) is 0 Å². The van der Waals surface area contributed by atoms with Crippen molar-refractivity contribution in [1.29, 1.82) is 0 Å². The Morgan fingerprint density at radius 2 is 1.42 bits per heavy atom. The third-order valence-corrected chi connectivity index (χ3v) is 6.09. The maximum absolute atomic E-state index is 10.3. The zero-order chi connectivity index (χ0) is 23.8. The summed E-state index contributed by atoms with van der Waals surface area (Å²) in [5.41, 5.74) is 2.58. The van der Waals surface area contributed by atoms with Gasteiger partial charge in [0.15, 0.2) is 0 Å². The van der Waals surface area contributed by atoms with Gasteiger partial charge in [0.25, 0.3) is 0 Å². The van der Waals surface area contributed by atoms with Gasteiger partial charge in [0, 0.05) is 18.6 Å². The highest BCUT2D eigenvalue weighted by atomic mass is 16.5. The first-order valence-electron chi connectivity index (χ1n) is 13.7. The molecular formula is C30H50O3. The van der Waals surface area contributed by atoms with Gasteiger partial charge in [-0.3, -0.25) is 0 Å². The van der Waals surface area contributed by atoms with Crippen LogP contribution in [0.2, 0.25) is 0 Å². The van der Waals surface area contributed by atoms with Crippen molar-refractivity contribution in [1.82, 2.24) is 0 Å². The SMILES string of the molecule is C/C=C\c1cc(CCCCCCCCC)ccc1OCCOCCCCCCCCCC=O. The Bertz CT molecular complexity index is 609. The van der Waals surface area contributed by atoms with Crippen LogP contribution in [0.4, 0.5) is 0 Å². The van der Waals surface area contributed by atoms with Crippen LogP contribution in [0, 0.1) is 0 Å². The summed E-state index contributed by atoms with van der Waals surface area (Å²) >= 11 is 0. The molecule has 0 aliphatic rings. The molecule has 0 saturated carbocycles. The van der Waals surface area contributed by atoms with Gasteiger partial charge in [-0.2, -0.15) is 0 Å². The lowest BCUT2D eigenvalue weighted by molar-refractivity contribution is -0.107. The molecule has 3 nitrogen and oxygen atoms in total. The largest absolute Gasteiger partial charge is 0.491 e. The van der Waals surface area contributed by atoms with Crippen molar-refractivity contribution in [3.8, 4) is 5.75 Å². The molecule has 3 heteroatoms. The van der Waals surface area contributed by atoms with Crippen molar-refractivity contribution in [2.24, 2.45) is 0 Å². The quantitative estimate of drug-likeness (QED) is 0.121. The fourth-order valence-corrected chi connectivity index (χ4v) is 4.11. The van der Waals surface area contributed by atoms with E-state index in [0.29, 0.717) is 13.2 Å². The Kier molecular flexibility index (Phi) is 19.8. The summed E-state index contributed by atoms with van der Waals surface area (Å²) in [7, 11) is 0. The van der Waals surface area contributed by atoms with Crippen molar-refractivity contribution in [3.63, 3.8) is 0 Å². The van der Waals surface area contributed by atoms with Crippen LogP contribution in [0.5, 0.6) is 5.75 Å². The Labute approximate surface area is 204 Å². The lowest BCUT2D eigenvalue weighted by atomic mass is 10.0. The minimum atomic E-state index is 0.596. The summed E-state index contributed by atoms with van der Waals surface area (Å²) in [6.07, 6.45) is 24.9. The van der Waals surface area contributed by atoms with E-state index in [0.717, 1.165) is 44.3 Å². The van der Waals surface area contributed by atoms with Gasteiger partial charge in [0.05, 0.1) is 6.61 Å². The maximum atomic E-state index is 10.3. The Hall–Kier alpha value is -1.61. The van der Waals surface area contributed by atoms with Crippen molar-refractivity contribution in [2.45, 2.75) is 117 Å². The molecule has 0 N–H and O–H groups in total. The number of aryl methyl sites for hydroxylation is 1. The fourth-order valence-electron chi connectivity index (χ4n) is 4.11. The second kappa shape index (κ2) is 22.2. The highest BCUT2D eigenvalue weighted by Crippen LogP contribution is 2.23. The molecule has 33 heavy (non-hydrogen) atoms. The van der Waals surface area contributed by atoms with Gasteiger partial charge < -0.3 is 14.3 Å². The Balaban J connectivity index is 2.15. The molecule has 0 bridgehead atoms. The predicted molar refractivity (Wildman–Crippen MR) is 142 cm³/mol. The number of unbranched alkanes of at least 4 members (excludes halogenated alkanes) is 13. The number of benzene rings is 1. The first-order valence-corrected chi connectivity index (χ1v) is 13.7. The Morgan fingerprint density at radius 1 is 0.758 bits per heavy atom. The monoisotopic (exact) mass is 458 g/mol. The summed E-state index contributed by atoms with van der Waals surface area (Å²) in [4.78, 5) is 10.3. The third-order valence-electron chi connectivity index (χ3n) is 6.09. The van der Waals surface area contributed by atoms with E-state index in [2.05, 4.69) is 44.2 Å². The van der Waals surface area contributed by atoms with Gasteiger partial charge in [0.1, 0.15) is 18.6 Å². The van der Waals surface area contributed by atoms with Gasteiger partial charge >= 0.3 is 0 Å². The van der Waals surface area contributed by atoms with Crippen LogP contribution in [0.1, 0.15) is 121 Å². The minimum absolute atomic E-state index is 0.596. The molecule has 1 aromatic carbocycles. The van der Waals surface area contributed by atoms with Gasteiger partial charge in [-0.25, -0.2) is 0 Å². The number of carbonyl (C=O) groups is 1. The maximum Gasteiger partial charge on any atom is 0.126 e. The van der Waals surface area contributed by atoms with Crippen LogP contribution in [-0.2, 0) is 16.0 Å². The summed E-state index contributed by atoms with van der Waals surface area (Å²) in [6.45, 7) is 6.38. The van der Waals surface area contributed by atoms with Crippen molar-refractivity contribution in [3.05, 3.63) is 35.4 Å². The van der Waals surface area contributed by atoms with Gasteiger partial charge in [-0.1, -0.05) is 95.8 Å². The molecule has 1 rings (SSSR count). The highest BCUT2D eigenvalue weighted by Gasteiger charge is 2.04. The topological polar surface area (TPSA) is 35.5 Å². The molecule has 0 unspecified atom stereocenters. The summed E-state index contributed by atoms with van der Waals surface area (Å²) in [5.74, 6) is 0.953. The number of rotatable bonds is 23. The van der Waals surface area contributed by atoms with Crippen molar-refractivity contribution < 1.29 is 14.3 Å². The molecule has 1 aromatic rings. The molecule has 0 amide bonds. The van der Waals surface area contributed by atoms with Gasteiger partial charge in [-0.05, 0) is 50.3 Å².